The first-order valence-electron chi connectivity index (χ1n) is 5.33. The van der Waals surface area contributed by atoms with Crippen molar-refractivity contribution in [3.05, 3.63) is 12.3 Å². The molecule has 1 radical (unpaired) electrons. The van der Waals surface area contributed by atoms with Gasteiger partial charge in [0.25, 0.3) is 7.41 Å². The summed E-state index contributed by atoms with van der Waals surface area (Å²) in [7, 11) is 0.0729. The molecule has 1 aliphatic rings. The van der Waals surface area contributed by atoms with E-state index in [1.54, 1.807) is 7.41 Å². The van der Waals surface area contributed by atoms with E-state index in [0.29, 0.717) is 5.92 Å². The molecular formula is C10H19BNO2Si. The van der Waals surface area contributed by atoms with Gasteiger partial charge in [-0.1, -0.05) is 6.58 Å². The van der Waals surface area contributed by atoms with Crippen LogP contribution in [0.4, 0.5) is 0 Å². The molecule has 1 fully saturated rings. The lowest BCUT2D eigenvalue weighted by atomic mass is 9.95. The van der Waals surface area contributed by atoms with Crippen LogP contribution < -0.4 is 0 Å². The Bertz CT molecular complexity index is 252. The second kappa shape index (κ2) is 4.99. The predicted octanol–water partition coefficient (Wildman–Crippen LogP) is 1.48. The third-order valence-corrected chi connectivity index (χ3v) is 3.26. The van der Waals surface area contributed by atoms with Gasteiger partial charge >= 0.3 is 0 Å². The Labute approximate surface area is 93.9 Å². The number of carbonyl (C=O) groups excluding carboxylic acids is 1. The molecule has 0 aromatic rings. The summed E-state index contributed by atoms with van der Waals surface area (Å²) in [5.74, 6) is 1.28. The quantitative estimate of drug-likeness (QED) is 0.402. The van der Waals surface area contributed by atoms with Crippen LogP contribution in [0.3, 0.4) is 0 Å². The van der Waals surface area contributed by atoms with E-state index in [1.165, 1.54) is 0 Å². The number of carbonyl (C=O) groups is 1. The summed E-state index contributed by atoms with van der Waals surface area (Å²) in [6.07, 6.45) is 1.87. The smallest absolute Gasteiger partial charge is 0.293 e. The van der Waals surface area contributed by atoms with Crippen LogP contribution in [-0.4, -0.2) is 39.8 Å². The summed E-state index contributed by atoms with van der Waals surface area (Å²) >= 11 is 0. The van der Waals surface area contributed by atoms with E-state index in [0.717, 1.165) is 31.5 Å². The lowest BCUT2D eigenvalue weighted by Crippen LogP contribution is -2.29. The zero-order valence-corrected chi connectivity index (χ0v) is 10.8. The average molecular weight is 224 g/mol. The molecule has 3 nitrogen and oxygen atoms in total. The largest absolute Gasteiger partial charge is 0.548 e. The average Bonchev–Trinajstić information content (AvgIpc) is 2.50. The van der Waals surface area contributed by atoms with E-state index < -0.39 is 8.32 Å². The second-order valence-corrected chi connectivity index (χ2v) is 9.38. The van der Waals surface area contributed by atoms with Gasteiger partial charge in [0.2, 0.25) is 8.32 Å². The Morgan fingerprint density at radius 2 is 2.27 bits per heavy atom. The van der Waals surface area contributed by atoms with Crippen LogP contribution in [0.1, 0.15) is 6.42 Å². The zero-order valence-electron chi connectivity index (χ0n) is 9.82. The van der Waals surface area contributed by atoms with Crippen molar-refractivity contribution < 1.29 is 9.22 Å². The summed E-state index contributed by atoms with van der Waals surface area (Å²) in [6.45, 7) is 12.3. The summed E-state index contributed by atoms with van der Waals surface area (Å²) in [4.78, 5) is 12.3. The third-order valence-electron chi connectivity index (χ3n) is 2.38. The minimum atomic E-state index is -1.53. The minimum Gasteiger partial charge on any atom is -0.548 e. The van der Waals surface area contributed by atoms with Crippen molar-refractivity contribution in [1.82, 2.24) is 4.81 Å². The fourth-order valence-corrected chi connectivity index (χ4v) is 2.70. The lowest BCUT2D eigenvalue weighted by Gasteiger charge is -2.24. The topological polar surface area (TPSA) is 29.5 Å². The van der Waals surface area contributed by atoms with Gasteiger partial charge in [0.15, 0.2) is 0 Å². The van der Waals surface area contributed by atoms with E-state index in [4.69, 9.17) is 4.43 Å². The van der Waals surface area contributed by atoms with Gasteiger partial charge in [0.1, 0.15) is 0 Å². The first-order valence-corrected chi connectivity index (χ1v) is 8.73. The molecule has 0 N–H and O–H groups in total. The third kappa shape index (κ3) is 4.22. The fraction of sp³-hybridized carbons (Fsp3) is 0.700. The van der Waals surface area contributed by atoms with Crippen LogP contribution >= 0.6 is 0 Å². The van der Waals surface area contributed by atoms with Crippen LogP contribution in [0, 0.1) is 5.92 Å². The minimum absolute atomic E-state index is 0.382. The summed E-state index contributed by atoms with van der Waals surface area (Å²) in [6, 6.07) is 0. The Hall–Kier alpha value is -0.548. The van der Waals surface area contributed by atoms with Crippen molar-refractivity contribution >= 4 is 21.9 Å². The highest BCUT2D eigenvalue weighted by Crippen LogP contribution is 2.25. The van der Waals surface area contributed by atoms with Crippen LogP contribution in [0.25, 0.3) is 0 Å². The second-order valence-electron chi connectivity index (χ2n) is 4.95. The molecule has 0 spiro atoms. The molecule has 1 aliphatic heterocycles. The normalized spacial score (nSPS) is 22.5. The number of nitrogens with zero attached hydrogens (tertiary/aromatic N) is 1. The lowest BCUT2D eigenvalue weighted by molar-refractivity contribution is 0.348. The summed E-state index contributed by atoms with van der Waals surface area (Å²) in [5, 5.41) is 0. The van der Waals surface area contributed by atoms with Gasteiger partial charge in [0, 0.05) is 5.92 Å². The first kappa shape index (κ1) is 12.5. The monoisotopic (exact) mass is 224 g/mol. The molecule has 1 saturated heterocycles. The number of hydrogen-bond donors (Lipinski definition) is 0. The maximum Gasteiger partial charge on any atom is 0.293 e. The Balaban J connectivity index is 2.40. The molecule has 0 saturated carbocycles. The predicted molar refractivity (Wildman–Crippen MR) is 65.8 cm³/mol. The van der Waals surface area contributed by atoms with E-state index in [2.05, 4.69) is 26.2 Å². The molecular weight excluding hydrogens is 205 g/mol. The van der Waals surface area contributed by atoms with Crippen LogP contribution in [0.2, 0.25) is 19.6 Å². The van der Waals surface area contributed by atoms with Crippen molar-refractivity contribution in [3.8, 4) is 0 Å². The van der Waals surface area contributed by atoms with E-state index in [-0.39, 0.29) is 0 Å². The van der Waals surface area contributed by atoms with Gasteiger partial charge in [-0.2, -0.15) is 0 Å². The van der Waals surface area contributed by atoms with Gasteiger partial charge in [-0.25, -0.2) is 0 Å². The van der Waals surface area contributed by atoms with E-state index >= 15 is 0 Å². The van der Waals surface area contributed by atoms with Gasteiger partial charge in [0.05, 0.1) is 11.9 Å². The maximum atomic E-state index is 10.3. The molecule has 1 heterocycles. The zero-order chi connectivity index (χ0) is 11.5. The highest BCUT2D eigenvalue weighted by atomic mass is 28.4. The number of rotatable bonds is 5. The molecule has 5 heteroatoms. The molecule has 0 aromatic carbocycles. The summed E-state index contributed by atoms with van der Waals surface area (Å²) in [5.41, 5.74) is 0. The van der Waals surface area contributed by atoms with Crippen molar-refractivity contribution in [2.24, 2.45) is 5.92 Å². The molecule has 1 unspecified atom stereocenters. The SMILES string of the molecule is C=C(O[Si](C)(C)C)C1CCN([B]C=O)C1. The molecule has 83 valence electrons. The van der Waals surface area contributed by atoms with E-state index in [1.807, 2.05) is 4.81 Å². The molecule has 1 rings (SSSR count). The fourth-order valence-electron chi connectivity index (χ4n) is 1.75. The Kier molecular flexibility index (Phi) is 4.16. The summed E-state index contributed by atoms with van der Waals surface area (Å²) < 4.78 is 5.86. The highest BCUT2D eigenvalue weighted by Gasteiger charge is 2.28. The van der Waals surface area contributed by atoms with Crippen molar-refractivity contribution in [2.45, 2.75) is 26.1 Å². The molecule has 0 bridgehead atoms. The molecule has 0 aliphatic carbocycles. The molecule has 0 amide bonds. The van der Waals surface area contributed by atoms with Crippen molar-refractivity contribution in [2.75, 3.05) is 13.1 Å². The molecule has 1 atom stereocenters. The number of hydrogen-bond acceptors (Lipinski definition) is 3. The Morgan fingerprint density at radius 1 is 1.60 bits per heavy atom. The molecule has 0 aromatic heterocycles. The van der Waals surface area contributed by atoms with Crippen molar-refractivity contribution in [1.29, 1.82) is 0 Å². The van der Waals surface area contributed by atoms with Gasteiger partial charge < -0.3 is 14.0 Å². The first-order chi connectivity index (χ1) is 6.92. The Morgan fingerprint density at radius 3 is 2.80 bits per heavy atom. The van der Waals surface area contributed by atoms with Gasteiger partial charge in [-0.15, -0.1) is 0 Å². The maximum absolute atomic E-state index is 10.3. The highest BCUT2D eigenvalue weighted by molar-refractivity contribution is 6.70. The van der Waals surface area contributed by atoms with Crippen LogP contribution in [0.15, 0.2) is 12.3 Å². The van der Waals surface area contributed by atoms with Crippen molar-refractivity contribution in [3.63, 3.8) is 0 Å². The standard InChI is InChI=1S/C10H19BNO2Si/c1-9(14-15(2,3)4)10-5-6-12(7-10)11-8-13/h8,10H,1,5-7H2,2-4H3. The van der Waals surface area contributed by atoms with Gasteiger partial charge in [-0.3, -0.25) is 0 Å². The van der Waals surface area contributed by atoms with Crippen LogP contribution in [0.5, 0.6) is 0 Å². The van der Waals surface area contributed by atoms with Crippen LogP contribution in [-0.2, 0) is 9.22 Å². The molecule has 15 heavy (non-hydrogen) atoms. The van der Waals surface area contributed by atoms with E-state index in [9.17, 15) is 4.79 Å². The van der Waals surface area contributed by atoms with Gasteiger partial charge in [-0.05, 0) is 39.2 Å².